The lowest BCUT2D eigenvalue weighted by Crippen LogP contribution is -2.10. The number of aromatic hydroxyl groups is 2. The second kappa shape index (κ2) is 4.54. The molecule has 3 N–H and O–H groups in total. The maximum atomic E-state index is 11.8. The van der Waals surface area contributed by atoms with Crippen LogP contribution in [-0.4, -0.2) is 21.3 Å². The Hall–Kier alpha value is -2.53. The van der Waals surface area contributed by atoms with Crippen LogP contribution in [0.1, 0.15) is 33.7 Å². The molecule has 0 amide bonds. The summed E-state index contributed by atoms with van der Waals surface area (Å²) in [5.74, 6) is -1.25. The van der Waals surface area contributed by atoms with E-state index in [4.69, 9.17) is 4.74 Å². The van der Waals surface area contributed by atoms with Crippen LogP contribution >= 0.6 is 0 Å². The summed E-state index contributed by atoms with van der Waals surface area (Å²) < 4.78 is 5.12. The van der Waals surface area contributed by atoms with Gasteiger partial charge in [-0.1, -0.05) is 30.3 Å². The van der Waals surface area contributed by atoms with Crippen molar-refractivity contribution in [2.45, 2.75) is 12.2 Å². The molecular formula is C15H12O5. The number of aliphatic hydroxyl groups excluding tert-OH is 1. The predicted molar refractivity (Wildman–Crippen MR) is 69.3 cm³/mol. The van der Waals surface area contributed by atoms with Gasteiger partial charge in [-0.3, -0.25) is 0 Å². The lowest BCUT2D eigenvalue weighted by molar-refractivity contribution is -0.0103. The summed E-state index contributed by atoms with van der Waals surface area (Å²) in [5.41, 5.74) is 0.854. The molecule has 3 rings (SSSR count). The van der Waals surface area contributed by atoms with Crippen molar-refractivity contribution in [3.05, 3.63) is 59.2 Å². The van der Waals surface area contributed by atoms with Gasteiger partial charge in [0.1, 0.15) is 23.2 Å². The number of phenolic OH excluding ortho intramolecular Hbond substituents is 2. The molecule has 20 heavy (non-hydrogen) atoms. The quantitative estimate of drug-likeness (QED) is 0.728. The van der Waals surface area contributed by atoms with E-state index in [9.17, 15) is 20.1 Å². The number of aliphatic hydroxyl groups is 1. The number of ether oxygens (including phenoxy) is 1. The van der Waals surface area contributed by atoms with Crippen LogP contribution in [0.5, 0.6) is 11.5 Å². The smallest absolute Gasteiger partial charge is 0.343 e. The molecule has 0 bridgehead atoms. The first-order valence-electron chi connectivity index (χ1n) is 6.08. The van der Waals surface area contributed by atoms with Gasteiger partial charge in [0, 0.05) is 11.6 Å². The number of fused-ring (bicyclic) bond motifs is 1. The van der Waals surface area contributed by atoms with Crippen molar-refractivity contribution >= 4 is 5.97 Å². The minimum absolute atomic E-state index is 0.0113. The Labute approximate surface area is 114 Å². The molecule has 1 aliphatic rings. The molecule has 0 fully saturated rings. The summed E-state index contributed by atoms with van der Waals surface area (Å²) in [6.45, 7) is 0. The van der Waals surface area contributed by atoms with Gasteiger partial charge in [-0.25, -0.2) is 4.79 Å². The van der Waals surface area contributed by atoms with E-state index >= 15 is 0 Å². The van der Waals surface area contributed by atoms with E-state index in [-0.39, 0.29) is 22.6 Å². The van der Waals surface area contributed by atoms with E-state index in [1.165, 1.54) is 6.07 Å². The van der Waals surface area contributed by atoms with Gasteiger partial charge in [0.05, 0.1) is 0 Å². The molecule has 5 nitrogen and oxygen atoms in total. The first-order chi connectivity index (χ1) is 9.58. The molecule has 0 radical (unpaired) electrons. The number of rotatable bonds is 2. The first-order valence-corrected chi connectivity index (χ1v) is 6.08. The molecule has 0 aliphatic carbocycles. The summed E-state index contributed by atoms with van der Waals surface area (Å²) >= 11 is 0. The first kappa shape index (κ1) is 12.5. The third kappa shape index (κ3) is 1.88. The second-order valence-corrected chi connectivity index (χ2v) is 4.61. The zero-order valence-corrected chi connectivity index (χ0v) is 10.4. The highest BCUT2D eigenvalue weighted by Crippen LogP contribution is 2.44. The summed E-state index contributed by atoms with van der Waals surface area (Å²) in [6.07, 6.45) is -2.01. The number of carbonyl (C=O) groups excluding carboxylic acids is 1. The molecule has 0 saturated heterocycles. The number of cyclic esters (lactones) is 1. The summed E-state index contributed by atoms with van der Waals surface area (Å²) in [7, 11) is 0. The molecular weight excluding hydrogens is 260 g/mol. The monoisotopic (exact) mass is 272 g/mol. The molecule has 2 aromatic rings. The van der Waals surface area contributed by atoms with Crippen LogP contribution in [-0.2, 0) is 4.74 Å². The van der Waals surface area contributed by atoms with E-state index < -0.39 is 18.2 Å². The predicted octanol–water partition coefficient (Wildman–Crippen LogP) is 2.04. The highest BCUT2D eigenvalue weighted by molar-refractivity contribution is 5.97. The van der Waals surface area contributed by atoms with Crippen molar-refractivity contribution in [2.75, 3.05) is 0 Å². The van der Waals surface area contributed by atoms with Crippen LogP contribution < -0.4 is 0 Å². The Morgan fingerprint density at radius 2 is 1.80 bits per heavy atom. The second-order valence-electron chi connectivity index (χ2n) is 4.61. The van der Waals surface area contributed by atoms with Crippen LogP contribution in [0.3, 0.4) is 0 Å². The molecule has 2 unspecified atom stereocenters. The van der Waals surface area contributed by atoms with E-state index in [0.717, 1.165) is 6.07 Å². The topological polar surface area (TPSA) is 87.0 Å². The molecule has 5 heteroatoms. The standard InChI is InChI=1S/C15H12O5/c16-9-6-10-12(11(17)7-9)15(19)20-14(10)13(18)8-4-2-1-3-5-8/h1-7,13-14,16-18H. The fourth-order valence-corrected chi connectivity index (χ4v) is 2.38. The van der Waals surface area contributed by atoms with E-state index in [0.29, 0.717) is 5.56 Å². The number of esters is 1. The van der Waals surface area contributed by atoms with Gasteiger partial charge in [-0.05, 0) is 11.6 Å². The van der Waals surface area contributed by atoms with Gasteiger partial charge in [-0.15, -0.1) is 0 Å². The Bertz CT molecular complexity index is 665. The van der Waals surface area contributed by atoms with Crippen LogP contribution in [0.2, 0.25) is 0 Å². The van der Waals surface area contributed by atoms with Crippen molar-refractivity contribution in [1.29, 1.82) is 0 Å². The van der Waals surface area contributed by atoms with Gasteiger partial charge in [0.2, 0.25) is 0 Å². The lowest BCUT2D eigenvalue weighted by Gasteiger charge is -2.18. The zero-order valence-electron chi connectivity index (χ0n) is 10.4. The highest BCUT2D eigenvalue weighted by atomic mass is 16.6. The average Bonchev–Trinajstić information content (AvgIpc) is 2.76. The van der Waals surface area contributed by atoms with Crippen molar-refractivity contribution in [2.24, 2.45) is 0 Å². The van der Waals surface area contributed by atoms with Crippen molar-refractivity contribution < 1.29 is 24.9 Å². The minimum atomic E-state index is -1.07. The van der Waals surface area contributed by atoms with E-state index in [2.05, 4.69) is 0 Å². The maximum absolute atomic E-state index is 11.8. The van der Waals surface area contributed by atoms with E-state index in [1.807, 2.05) is 6.07 Å². The average molecular weight is 272 g/mol. The van der Waals surface area contributed by atoms with Crippen LogP contribution in [0, 0.1) is 0 Å². The molecule has 0 spiro atoms. The number of benzene rings is 2. The minimum Gasteiger partial charge on any atom is -0.508 e. The molecule has 2 aromatic carbocycles. The number of phenols is 2. The molecule has 2 atom stereocenters. The van der Waals surface area contributed by atoms with Gasteiger partial charge in [0.15, 0.2) is 6.10 Å². The molecule has 0 aromatic heterocycles. The largest absolute Gasteiger partial charge is 0.508 e. The number of hydrogen-bond acceptors (Lipinski definition) is 5. The fraction of sp³-hybridized carbons (Fsp3) is 0.133. The van der Waals surface area contributed by atoms with Crippen molar-refractivity contribution in [3.8, 4) is 11.5 Å². The van der Waals surface area contributed by atoms with Gasteiger partial charge >= 0.3 is 5.97 Å². The van der Waals surface area contributed by atoms with Crippen molar-refractivity contribution in [3.63, 3.8) is 0 Å². The number of carbonyl (C=O) groups is 1. The SMILES string of the molecule is O=C1OC(C(O)c2ccccc2)c2cc(O)cc(O)c21. The molecule has 1 heterocycles. The van der Waals surface area contributed by atoms with Crippen LogP contribution in [0.4, 0.5) is 0 Å². The molecule has 102 valence electrons. The highest BCUT2D eigenvalue weighted by Gasteiger charge is 2.39. The summed E-state index contributed by atoms with van der Waals surface area (Å²) in [6, 6.07) is 11.1. The maximum Gasteiger partial charge on any atom is 0.343 e. The summed E-state index contributed by atoms with van der Waals surface area (Å²) in [5, 5.41) is 29.6. The normalized spacial score (nSPS) is 18.4. The Morgan fingerprint density at radius 3 is 2.50 bits per heavy atom. The van der Waals surface area contributed by atoms with Gasteiger partial charge in [-0.2, -0.15) is 0 Å². The lowest BCUT2D eigenvalue weighted by atomic mass is 9.96. The Kier molecular flexibility index (Phi) is 2.84. The zero-order chi connectivity index (χ0) is 14.3. The molecule has 0 saturated carbocycles. The summed E-state index contributed by atoms with van der Waals surface area (Å²) in [4.78, 5) is 11.8. The Morgan fingerprint density at radius 1 is 1.10 bits per heavy atom. The van der Waals surface area contributed by atoms with Crippen LogP contribution in [0.15, 0.2) is 42.5 Å². The van der Waals surface area contributed by atoms with Gasteiger partial charge in [0.25, 0.3) is 0 Å². The fourth-order valence-electron chi connectivity index (χ4n) is 2.38. The van der Waals surface area contributed by atoms with Crippen LogP contribution in [0.25, 0.3) is 0 Å². The molecule has 1 aliphatic heterocycles. The third-order valence-electron chi connectivity index (χ3n) is 3.31. The van der Waals surface area contributed by atoms with Crippen molar-refractivity contribution in [1.82, 2.24) is 0 Å². The van der Waals surface area contributed by atoms with Gasteiger partial charge < -0.3 is 20.1 Å². The number of hydrogen-bond donors (Lipinski definition) is 3. The third-order valence-corrected chi connectivity index (χ3v) is 3.31. The van der Waals surface area contributed by atoms with E-state index in [1.54, 1.807) is 24.3 Å². The Balaban J connectivity index is 2.05.